The number of alkyl halides is 1. The van der Waals surface area contributed by atoms with E-state index in [1.807, 2.05) is 19.9 Å². The third kappa shape index (κ3) is 5.95. The highest BCUT2D eigenvalue weighted by Crippen LogP contribution is 2.42. The number of fused-ring (bicyclic) bond motifs is 3. The standard InChI is InChI=1S/C38H45F2N7O3/c1-3-29-31(40)8-7-26-18-28(48)19-33(34(26)29)45-16-11-30-32(22-45)41-37(50-23-38-12-5-14-46(38)21-27(39)20-38)42-35(30)44-13-4-6-25(10-15-44)36(49)47-17-9-24(2)43-47/h7-9,17-19,25,27,48H,3-6,10-16,20-23H2,1-2H3/t25?,27-,38+/m1/s1. The molecule has 3 saturated heterocycles. The number of benzene rings is 2. The summed E-state index contributed by atoms with van der Waals surface area (Å²) in [7, 11) is 0. The Morgan fingerprint density at radius 3 is 2.78 bits per heavy atom. The Morgan fingerprint density at radius 1 is 1.08 bits per heavy atom. The number of phenolic OH excluding ortho intramolecular Hbond substituents is 1. The molecule has 4 aliphatic rings. The van der Waals surface area contributed by atoms with Crippen LogP contribution in [-0.4, -0.2) is 86.7 Å². The Balaban J connectivity index is 1.13. The fourth-order valence-corrected chi connectivity index (χ4v) is 8.92. The van der Waals surface area contributed by atoms with Gasteiger partial charge in [0.25, 0.3) is 0 Å². The van der Waals surface area contributed by atoms with Crippen molar-refractivity contribution < 1.29 is 23.4 Å². The summed E-state index contributed by atoms with van der Waals surface area (Å²) < 4.78 is 37.6. The SMILES string of the molecule is CCc1c(F)ccc2cc(O)cc(N3CCc4c(nc(OC[C@@]56CCCN5C[C@H](F)C6)nc4N4CCCC(C(=O)n5ccc(C)n5)CC4)C3)c12. The fourth-order valence-electron chi connectivity index (χ4n) is 8.92. The molecular formula is C38H45F2N7O3. The van der Waals surface area contributed by atoms with Gasteiger partial charge in [-0.25, -0.2) is 13.5 Å². The number of aromatic hydroxyl groups is 1. The van der Waals surface area contributed by atoms with Crippen molar-refractivity contribution in [3.63, 3.8) is 0 Å². The Bertz CT molecular complexity index is 1930. The molecule has 3 fully saturated rings. The van der Waals surface area contributed by atoms with Crippen LogP contribution in [0, 0.1) is 18.7 Å². The summed E-state index contributed by atoms with van der Waals surface area (Å²) in [6.07, 6.45) is 6.68. The summed E-state index contributed by atoms with van der Waals surface area (Å²) in [5.41, 5.74) is 3.73. The van der Waals surface area contributed by atoms with Gasteiger partial charge in [0.1, 0.15) is 30.2 Å². The van der Waals surface area contributed by atoms with Crippen molar-refractivity contribution in [1.29, 1.82) is 0 Å². The minimum atomic E-state index is -0.860. The number of nitrogens with zero attached hydrogens (tertiary/aromatic N) is 7. The van der Waals surface area contributed by atoms with Crippen molar-refractivity contribution in [2.75, 3.05) is 49.1 Å². The molecule has 0 amide bonds. The van der Waals surface area contributed by atoms with Gasteiger partial charge in [0, 0.05) is 67.4 Å². The van der Waals surface area contributed by atoms with Gasteiger partial charge in [0.05, 0.1) is 23.5 Å². The number of hydrogen-bond acceptors (Lipinski definition) is 9. The molecule has 4 aliphatic heterocycles. The van der Waals surface area contributed by atoms with Gasteiger partial charge >= 0.3 is 6.01 Å². The van der Waals surface area contributed by atoms with Crippen LogP contribution in [0.2, 0.25) is 0 Å². The van der Waals surface area contributed by atoms with Gasteiger partial charge in [0.2, 0.25) is 5.91 Å². The van der Waals surface area contributed by atoms with Crippen LogP contribution in [0.1, 0.15) is 72.8 Å². The molecule has 2 aromatic carbocycles. The van der Waals surface area contributed by atoms with Crippen LogP contribution in [0.25, 0.3) is 10.8 Å². The molecule has 0 radical (unpaired) electrons. The number of ether oxygens (including phenoxy) is 1. The van der Waals surface area contributed by atoms with Crippen molar-refractivity contribution in [2.45, 2.75) is 83.5 Å². The van der Waals surface area contributed by atoms with Crippen LogP contribution in [0.5, 0.6) is 11.8 Å². The van der Waals surface area contributed by atoms with Crippen molar-refractivity contribution in [1.82, 2.24) is 24.6 Å². The maximum Gasteiger partial charge on any atom is 0.318 e. The predicted molar refractivity (Wildman–Crippen MR) is 187 cm³/mol. The number of anilines is 2. The minimum Gasteiger partial charge on any atom is -0.508 e. The highest BCUT2D eigenvalue weighted by Gasteiger charge is 2.49. The number of aromatic nitrogens is 4. The summed E-state index contributed by atoms with van der Waals surface area (Å²) in [4.78, 5) is 30.0. The second-order valence-corrected chi connectivity index (χ2v) is 14.6. The van der Waals surface area contributed by atoms with Gasteiger partial charge in [-0.3, -0.25) is 9.69 Å². The lowest BCUT2D eigenvalue weighted by Crippen LogP contribution is -2.43. The summed E-state index contributed by atoms with van der Waals surface area (Å²) in [6, 6.07) is 8.72. The molecule has 3 atom stereocenters. The normalized spacial score (nSPS) is 24.0. The van der Waals surface area contributed by atoms with E-state index in [9.17, 15) is 14.3 Å². The van der Waals surface area contributed by atoms with E-state index in [0.717, 1.165) is 78.0 Å². The number of rotatable bonds is 7. The molecule has 10 nitrogen and oxygen atoms in total. The molecule has 8 rings (SSSR count). The lowest BCUT2D eigenvalue weighted by molar-refractivity contribution is 0.0806. The summed E-state index contributed by atoms with van der Waals surface area (Å²) >= 11 is 0. The number of halogens is 2. The first-order valence-electron chi connectivity index (χ1n) is 18.1. The van der Waals surface area contributed by atoms with Gasteiger partial charge < -0.3 is 19.6 Å². The lowest BCUT2D eigenvalue weighted by atomic mass is 9.95. The molecule has 0 saturated carbocycles. The Morgan fingerprint density at radius 2 is 1.96 bits per heavy atom. The molecule has 6 heterocycles. The molecule has 2 aromatic heterocycles. The molecular weight excluding hydrogens is 640 g/mol. The molecule has 0 spiro atoms. The van der Waals surface area contributed by atoms with Crippen molar-refractivity contribution in [3.05, 3.63) is 64.9 Å². The van der Waals surface area contributed by atoms with Gasteiger partial charge in [-0.05, 0) is 87.6 Å². The van der Waals surface area contributed by atoms with Crippen LogP contribution in [0.4, 0.5) is 20.3 Å². The largest absolute Gasteiger partial charge is 0.508 e. The van der Waals surface area contributed by atoms with E-state index in [2.05, 4.69) is 19.8 Å². The second kappa shape index (κ2) is 13.1. The molecule has 1 unspecified atom stereocenters. The average molecular weight is 686 g/mol. The van der Waals surface area contributed by atoms with E-state index in [1.165, 1.54) is 10.7 Å². The average Bonchev–Trinajstić information content (AvgIpc) is 3.73. The molecule has 264 valence electrons. The van der Waals surface area contributed by atoms with Crippen LogP contribution < -0.4 is 14.5 Å². The number of carbonyl (C=O) groups is 1. The van der Waals surface area contributed by atoms with Gasteiger partial charge in [0.15, 0.2) is 0 Å². The molecule has 0 bridgehead atoms. The zero-order chi connectivity index (χ0) is 34.6. The summed E-state index contributed by atoms with van der Waals surface area (Å²) in [6.45, 7) is 7.92. The molecule has 0 aliphatic carbocycles. The molecule has 1 N–H and O–H groups in total. The zero-order valence-corrected chi connectivity index (χ0v) is 28.9. The smallest absolute Gasteiger partial charge is 0.318 e. The summed E-state index contributed by atoms with van der Waals surface area (Å²) in [5, 5.41) is 16.7. The minimum absolute atomic E-state index is 0.0219. The van der Waals surface area contributed by atoms with Crippen molar-refractivity contribution in [3.8, 4) is 11.8 Å². The van der Waals surface area contributed by atoms with Gasteiger partial charge in [-0.1, -0.05) is 13.0 Å². The second-order valence-electron chi connectivity index (χ2n) is 14.6. The number of hydrogen-bond donors (Lipinski definition) is 1. The number of carbonyl (C=O) groups excluding carboxylic acids is 1. The Hall–Kier alpha value is -4.32. The van der Waals surface area contributed by atoms with Crippen LogP contribution in [0.15, 0.2) is 36.5 Å². The zero-order valence-electron chi connectivity index (χ0n) is 28.9. The molecule has 4 aromatic rings. The van der Waals surface area contributed by atoms with Crippen LogP contribution in [-0.2, 0) is 19.4 Å². The van der Waals surface area contributed by atoms with Crippen molar-refractivity contribution in [2.24, 2.45) is 5.92 Å². The topological polar surface area (TPSA) is 99.9 Å². The van der Waals surface area contributed by atoms with E-state index in [4.69, 9.17) is 14.7 Å². The quantitative estimate of drug-likeness (QED) is 0.251. The summed E-state index contributed by atoms with van der Waals surface area (Å²) in [5.74, 6) is 0.575. The highest BCUT2D eigenvalue weighted by molar-refractivity contribution is 5.98. The van der Waals surface area contributed by atoms with E-state index in [1.54, 1.807) is 24.4 Å². The third-order valence-corrected chi connectivity index (χ3v) is 11.4. The Labute approximate surface area is 291 Å². The van der Waals surface area contributed by atoms with E-state index in [-0.39, 0.29) is 34.9 Å². The third-order valence-electron chi connectivity index (χ3n) is 11.4. The fraction of sp³-hybridized carbons (Fsp3) is 0.526. The number of phenols is 1. The van der Waals surface area contributed by atoms with E-state index < -0.39 is 6.17 Å². The maximum atomic E-state index is 15.1. The maximum absolute atomic E-state index is 15.1. The molecule has 12 heteroatoms. The first kappa shape index (κ1) is 32.9. The molecule has 50 heavy (non-hydrogen) atoms. The van der Waals surface area contributed by atoms with E-state index in [0.29, 0.717) is 64.0 Å². The lowest BCUT2D eigenvalue weighted by Gasteiger charge is -2.35. The Kier molecular flexibility index (Phi) is 8.61. The first-order chi connectivity index (χ1) is 24.2. The van der Waals surface area contributed by atoms with Crippen molar-refractivity contribution >= 4 is 28.2 Å². The number of aryl methyl sites for hydroxylation is 2. The predicted octanol–water partition coefficient (Wildman–Crippen LogP) is 6.01. The van der Waals surface area contributed by atoms with Crippen LogP contribution >= 0.6 is 0 Å². The monoisotopic (exact) mass is 685 g/mol. The van der Waals surface area contributed by atoms with Gasteiger partial charge in [-0.2, -0.15) is 15.1 Å². The van der Waals surface area contributed by atoms with E-state index >= 15 is 4.39 Å². The van der Waals surface area contributed by atoms with Gasteiger partial charge in [-0.15, -0.1) is 0 Å². The van der Waals surface area contributed by atoms with Crippen LogP contribution in [0.3, 0.4) is 0 Å². The highest BCUT2D eigenvalue weighted by atomic mass is 19.1. The first-order valence-corrected chi connectivity index (χ1v) is 18.1.